The Kier molecular flexibility index (Phi) is 14.6. The third kappa shape index (κ3) is 12.3. The summed E-state index contributed by atoms with van der Waals surface area (Å²) in [4.78, 5) is 11.5. The van der Waals surface area contributed by atoms with Crippen LogP contribution in [0.5, 0.6) is 0 Å². The molecule has 0 aromatic rings. The van der Waals surface area contributed by atoms with E-state index in [2.05, 4.69) is 79.8 Å². The Morgan fingerprint density at radius 3 is 1.46 bits per heavy atom. The molecule has 1 fully saturated rings. The predicted molar refractivity (Wildman–Crippen MR) is 123 cm³/mol. The van der Waals surface area contributed by atoms with Crippen LogP contribution in [0, 0.1) is 11.8 Å². The minimum Gasteiger partial charge on any atom is -0.369 e. The first-order chi connectivity index (χ1) is 13.8. The van der Waals surface area contributed by atoms with Crippen molar-refractivity contribution in [2.75, 3.05) is 0 Å². The maximum Gasteiger partial charge on any atom is 0.221 e. The third-order valence-corrected chi connectivity index (χ3v) is 5.07. The number of amides is 1. The van der Waals surface area contributed by atoms with Gasteiger partial charge in [0, 0.05) is 5.92 Å². The van der Waals surface area contributed by atoms with Gasteiger partial charge in [0.2, 0.25) is 5.91 Å². The minimum absolute atomic E-state index is 0.0401. The maximum absolute atomic E-state index is 11.5. The second kappa shape index (κ2) is 17.0. The zero-order valence-electron chi connectivity index (χ0n) is 17.6. The molecule has 1 saturated carbocycles. The summed E-state index contributed by atoms with van der Waals surface area (Å²) in [5.74, 6) is 0.429. The largest absolute Gasteiger partial charge is 0.369 e. The number of allylic oxidation sites excluding steroid dienone is 12. The van der Waals surface area contributed by atoms with Crippen molar-refractivity contribution in [3.63, 3.8) is 0 Å². The van der Waals surface area contributed by atoms with Crippen molar-refractivity contribution in [3.8, 4) is 0 Å². The van der Waals surface area contributed by atoms with Crippen molar-refractivity contribution >= 4 is 5.91 Å². The molecule has 1 amide bonds. The Morgan fingerprint density at radius 2 is 1.14 bits per heavy atom. The molecule has 0 radical (unpaired) electrons. The Hall–Kier alpha value is -2.09. The number of nitrogens with two attached hydrogens (primary N) is 1. The molecule has 1 aliphatic carbocycles. The number of carbonyl (C=O) groups is 1. The van der Waals surface area contributed by atoms with E-state index in [1.807, 2.05) is 0 Å². The van der Waals surface area contributed by atoms with Gasteiger partial charge in [-0.1, -0.05) is 86.3 Å². The van der Waals surface area contributed by atoms with Crippen LogP contribution in [0.4, 0.5) is 0 Å². The highest BCUT2D eigenvalue weighted by Gasteiger charge is 2.29. The van der Waals surface area contributed by atoms with Crippen LogP contribution in [-0.4, -0.2) is 5.91 Å². The van der Waals surface area contributed by atoms with Gasteiger partial charge >= 0.3 is 0 Å². The van der Waals surface area contributed by atoms with Crippen molar-refractivity contribution in [1.82, 2.24) is 0 Å². The minimum atomic E-state index is -0.135. The highest BCUT2D eigenvalue weighted by atomic mass is 16.1. The van der Waals surface area contributed by atoms with Crippen molar-refractivity contribution in [2.45, 2.75) is 71.1 Å². The molecule has 0 aliphatic heterocycles. The van der Waals surface area contributed by atoms with Crippen molar-refractivity contribution in [2.24, 2.45) is 17.6 Å². The lowest BCUT2D eigenvalue weighted by atomic mass is 9.74. The Balaban J connectivity index is 2.02. The van der Waals surface area contributed by atoms with Crippen LogP contribution < -0.4 is 5.73 Å². The summed E-state index contributed by atoms with van der Waals surface area (Å²) in [7, 11) is 0. The molecule has 0 heterocycles. The van der Waals surface area contributed by atoms with Crippen molar-refractivity contribution < 1.29 is 4.79 Å². The van der Waals surface area contributed by atoms with Crippen LogP contribution in [0.15, 0.2) is 72.9 Å². The number of primary amides is 1. The highest BCUT2D eigenvalue weighted by molar-refractivity contribution is 5.77. The van der Waals surface area contributed by atoms with Gasteiger partial charge in [-0.3, -0.25) is 4.79 Å². The van der Waals surface area contributed by atoms with E-state index in [0.717, 1.165) is 57.8 Å². The van der Waals surface area contributed by atoms with Gasteiger partial charge in [-0.05, 0) is 63.7 Å². The molecule has 1 rings (SSSR count). The van der Waals surface area contributed by atoms with Gasteiger partial charge in [0.05, 0.1) is 0 Å². The first-order valence-corrected chi connectivity index (χ1v) is 10.9. The summed E-state index contributed by atoms with van der Waals surface area (Å²) < 4.78 is 0. The van der Waals surface area contributed by atoms with E-state index in [9.17, 15) is 4.79 Å². The lowest BCUT2D eigenvalue weighted by Gasteiger charge is -2.31. The molecule has 2 N–H and O–H groups in total. The van der Waals surface area contributed by atoms with E-state index >= 15 is 0 Å². The van der Waals surface area contributed by atoms with Crippen LogP contribution in [0.1, 0.15) is 71.1 Å². The second-order valence-electron chi connectivity index (χ2n) is 7.35. The average molecular weight is 382 g/mol. The van der Waals surface area contributed by atoms with Gasteiger partial charge in [-0.2, -0.15) is 0 Å². The van der Waals surface area contributed by atoms with Crippen LogP contribution in [0.2, 0.25) is 0 Å². The summed E-state index contributed by atoms with van der Waals surface area (Å²) in [6, 6.07) is 0. The van der Waals surface area contributed by atoms with Crippen LogP contribution in [-0.2, 0) is 4.79 Å². The predicted octanol–water partition coefficient (Wildman–Crippen LogP) is 6.98. The van der Waals surface area contributed by atoms with Crippen LogP contribution in [0.3, 0.4) is 0 Å². The van der Waals surface area contributed by atoms with Gasteiger partial charge < -0.3 is 5.73 Å². The molecule has 1 aliphatic rings. The van der Waals surface area contributed by atoms with Gasteiger partial charge in [0.25, 0.3) is 0 Å². The molecule has 0 saturated heterocycles. The van der Waals surface area contributed by atoms with Gasteiger partial charge in [0.1, 0.15) is 0 Å². The summed E-state index contributed by atoms with van der Waals surface area (Å²) in [6.45, 7) is 2.16. The molecule has 2 nitrogen and oxygen atoms in total. The normalized spacial score (nSPS) is 17.2. The monoisotopic (exact) mass is 381 g/mol. The Bertz CT molecular complexity index is 573. The molecule has 1 unspecified atom stereocenters. The fourth-order valence-electron chi connectivity index (χ4n) is 3.15. The first-order valence-electron chi connectivity index (χ1n) is 10.9. The highest BCUT2D eigenvalue weighted by Crippen LogP contribution is 2.35. The molecule has 0 bridgehead atoms. The number of carbonyl (C=O) groups excluding carboxylic acids is 1. The van der Waals surface area contributed by atoms with E-state index in [0.29, 0.717) is 5.92 Å². The van der Waals surface area contributed by atoms with E-state index in [4.69, 9.17) is 5.73 Å². The lowest BCUT2D eigenvalue weighted by Crippen LogP contribution is -2.33. The van der Waals surface area contributed by atoms with Crippen LogP contribution in [0.25, 0.3) is 0 Å². The molecule has 0 spiro atoms. The second-order valence-corrected chi connectivity index (χ2v) is 7.35. The Labute approximate surface area is 172 Å². The zero-order valence-corrected chi connectivity index (χ0v) is 17.6. The van der Waals surface area contributed by atoms with E-state index < -0.39 is 0 Å². The molecule has 0 aromatic carbocycles. The third-order valence-electron chi connectivity index (χ3n) is 5.07. The molecule has 2 heteroatoms. The summed E-state index contributed by atoms with van der Waals surface area (Å²) in [5.41, 5.74) is 5.52. The lowest BCUT2D eigenvalue weighted by molar-refractivity contribution is -0.124. The van der Waals surface area contributed by atoms with Crippen molar-refractivity contribution in [3.05, 3.63) is 72.9 Å². The summed E-state index contributed by atoms with van der Waals surface area (Å²) in [6.07, 6.45) is 36.7. The number of rotatable bonds is 15. The molecule has 28 heavy (non-hydrogen) atoms. The molecule has 154 valence electrons. The topological polar surface area (TPSA) is 43.1 Å². The van der Waals surface area contributed by atoms with Gasteiger partial charge in [-0.15, -0.1) is 0 Å². The van der Waals surface area contributed by atoms with Crippen molar-refractivity contribution in [1.29, 1.82) is 0 Å². The first kappa shape index (κ1) is 23.9. The zero-order chi connectivity index (χ0) is 20.3. The molecule has 0 aromatic heterocycles. The molecular formula is C26H39NO. The van der Waals surface area contributed by atoms with E-state index in [1.165, 1.54) is 6.42 Å². The van der Waals surface area contributed by atoms with E-state index in [1.54, 1.807) is 0 Å². The quantitative estimate of drug-likeness (QED) is 0.306. The molecular weight excluding hydrogens is 342 g/mol. The summed E-state index contributed by atoms with van der Waals surface area (Å²) in [5, 5.41) is 0. The smallest absolute Gasteiger partial charge is 0.221 e. The van der Waals surface area contributed by atoms with Gasteiger partial charge in [0.15, 0.2) is 0 Å². The standard InChI is InChI=1S/C26H39NO/c1-2-3-4-5-6-7-8-9-10-11-12-13-14-15-16-17-18-19-23-25(26(27)28)24-21-20-22-24/h3-4,6-7,9-10,12-13,15-16,18-19,24-25H,2,5,8,11,14,17,20-23H2,1H3,(H2,27,28). The Morgan fingerprint density at radius 1 is 0.750 bits per heavy atom. The van der Waals surface area contributed by atoms with Crippen LogP contribution >= 0.6 is 0 Å². The maximum atomic E-state index is 11.5. The number of hydrogen-bond acceptors (Lipinski definition) is 1. The average Bonchev–Trinajstić information content (AvgIpc) is 2.64. The SMILES string of the molecule is CCC=CCC=CCC=CCC=CCC=CCC=CCC(C(N)=O)C1CCC1. The fourth-order valence-corrected chi connectivity index (χ4v) is 3.15. The summed E-state index contributed by atoms with van der Waals surface area (Å²) >= 11 is 0. The fraction of sp³-hybridized carbons (Fsp3) is 0.500. The molecule has 1 atom stereocenters. The van der Waals surface area contributed by atoms with Gasteiger partial charge in [-0.25, -0.2) is 0 Å². The number of hydrogen-bond donors (Lipinski definition) is 1. The van der Waals surface area contributed by atoms with E-state index in [-0.39, 0.29) is 11.8 Å².